The average Bonchev–Trinajstić information content (AvgIpc) is 2.81. The van der Waals surface area contributed by atoms with Gasteiger partial charge in [-0.15, -0.1) is 11.3 Å². The van der Waals surface area contributed by atoms with Gasteiger partial charge in [0.1, 0.15) is 0 Å². The zero-order valence-electron chi connectivity index (χ0n) is 9.56. The van der Waals surface area contributed by atoms with Gasteiger partial charge in [0, 0.05) is 22.5 Å². The average molecular weight is 275 g/mol. The van der Waals surface area contributed by atoms with Crippen molar-refractivity contribution in [1.29, 1.82) is 0 Å². The number of halogens is 1. The number of hydrogen-bond acceptors (Lipinski definition) is 3. The number of rotatable bonds is 2. The van der Waals surface area contributed by atoms with Crippen molar-refractivity contribution in [3.05, 3.63) is 53.2 Å². The Morgan fingerprint density at radius 1 is 1.17 bits per heavy atom. The first-order chi connectivity index (χ1) is 8.76. The third-order valence-electron chi connectivity index (χ3n) is 2.80. The zero-order chi connectivity index (χ0) is 12.5. The molecular weight excluding hydrogens is 264 g/mol. The molecule has 0 radical (unpaired) electrons. The van der Waals surface area contributed by atoms with Crippen LogP contribution in [0.5, 0.6) is 0 Å². The Bertz CT molecular complexity index is 689. The molecule has 0 spiro atoms. The summed E-state index contributed by atoms with van der Waals surface area (Å²) in [7, 11) is 0. The van der Waals surface area contributed by atoms with E-state index in [4.69, 9.17) is 17.3 Å². The molecule has 0 saturated heterocycles. The van der Waals surface area contributed by atoms with Crippen LogP contribution >= 0.6 is 22.9 Å². The fourth-order valence-corrected chi connectivity index (χ4v) is 3.14. The maximum atomic E-state index is 5.99. The van der Waals surface area contributed by atoms with E-state index in [2.05, 4.69) is 11.1 Å². The van der Waals surface area contributed by atoms with Gasteiger partial charge in [-0.3, -0.25) is 4.98 Å². The third kappa shape index (κ3) is 2.12. The molecule has 2 heterocycles. The van der Waals surface area contributed by atoms with Crippen LogP contribution in [-0.4, -0.2) is 4.98 Å². The lowest BCUT2D eigenvalue weighted by atomic mass is 10.2. The van der Waals surface area contributed by atoms with Gasteiger partial charge in [0.25, 0.3) is 0 Å². The number of fused-ring (bicyclic) bond motifs is 1. The van der Waals surface area contributed by atoms with Crippen LogP contribution < -0.4 is 5.73 Å². The monoisotopic (exact) mass is 274 g/mol. The van der Waals surface area contributed by atoms with Crippen LogP contribution in [0.2, 0.25) is 5.02 Å². The molecule has 2 N–H and O–H groups in total. The van der Waals surface area contributed by atoms with Crippen molar-refractivity contribution in [1.82, 2.24) is 4.98 Å². The lowest BCUT2D eigenvalue weighted by Crippen LogP contribution is -1.96. The van der Waals surface area contributed by atoms with Gasteiger partial charge in [-0.2, -0.15) is 0 Å². The predicted octanol–water partition coefficient (Wildman–Crippen LogP) is 4.08. The minimum absolute atomic E-state index is 0.523. The Morgan fingerprint density at radius 2 is 2.06 bits per heavy atom. The molecule has 3 aromatic rings. The maximum absolute atomic E-state index is 5.99. The normalized spacial score (nSPS) is 11.0. The number of nitrogens with zero attached hydrogens (tertiary/aromatic N) is 1. The van der Waals surface area contributed by atoms with E-state index in [1.807, 2.05) is 36.5 Å². The second kappa shape index (κ2) is 4.69. The molecule has 0 unspecified atom stereocenters. The van der Waals surface area contributed by atoms with E-state index in [1.165, 1.54) is 10.1 Å². The number of thiophene rings is 1. The molecule has 4 heteroatoms. The van der Waals surface area contributed by atoms with E-state index < -0.39 is 0 Å². The number of hydrogen-bond donors (Lipinski definition) is 1. The highest BCUT2D eigenvalue weighted by atomic mass is 35.5. The van der Waals surface area contributed by atoms with Crippen molar-refractivity contribution in [3.8, 4) is 10.6 Å². The Labute approximate surface area is 114 Å². The number of pyridine rings is 1. The summed E-state index contributed by atoms with van der Waals surface area (Å²) in [5.41, 5.74) is 7.59. The SMILES string of the molecule is NCc1ccc(-c2cc3ccc(Cl)cc3s2)nc1. The third-order valence-corrected chi connectivity index (χ3v) is 4.15. The molecule has 2 aromatic heterocycles. The first-order valence-electron chi connectivity index (χ1n) is 5.61. The topological polar surface area (TPSA) is 38.9 Å². The van der Waals surface area contributed by atoms with Crippen LogP contribution in [0.15, 0.2) is 42.6 Å². The molecule has 1 aromatic carbocycles. The quantitative estimate of drug-likeness (QED) is 0.765. The highest BCUT2D eigenvalue weighted by Crippen LogP contribution is 2.33. The van der Waals surface area contributed by atoms with E-state index in [-0.39, 0.29) is 0 Å². The van der Waals surface area contributed by atoms with Crippen molar-refractivity contribution in [2.45, 2.75) is 6.54 Å². The molecular formula is C14H11ClN2S. The van der Waals surface area contributed by atoms with Gasteiger partial charge in [-0.25, -0.2) is 0 Å². The Kier molecular flexibility index (Phi) is 3.04. The van der Waals surface area contributed by atoms with Gasteiger partial charge < -0.3 is 5.73 Å². The highest BCUT2D eigenvalue weighted by Gasteiger charge is 2.05. The van der Waals surface area contributed by atoms with Crippen molar-refractivity contribution in [2.24, 2.45) is 5.73 Å². The highest BCUT2D eigenvalue weighted by molar-refractivity contribution is 7.22. The molecule has 0 amide bonds. The number of aromatic nitrogens is 1. The smallest absolute Gasteiger partial charge is 0.0802 e. The molecule has 3 rings (SSSR count). The standard InChI is InChI=1S/C14H11ClN2S/c15-11-3-2-10-5-14(18-13(10)6-11)12-4-1-9(7-16)8-17-12/h1-6,8H,7,16H2. The Morgan fingerprint density at radius 3 is 2.78 bits per heavy atom. The molecule has 0 bridgehead atoms. The second-order valence-corrected chi connectivity index (χ2v) is 5.57. The number of benzene rings is 1. The van der Waals surface area contributed by atoms with Crippen LogP contribution in [0.25, 0.3) is 20.7 Å². The van der Waals surface area contributed by atoms with E-state index in [1.54, 1.807) is 11.3 Å². The summed E-state index contributed by atoms with van der Waals surface area (Å²) in [6, 6.07) is 12.1. The Hall–Kier alpha value is -1.42. The summed E-state index contributed by atoms with van der Waals surface area (Å²) in [6.07, 6.45) is 1.83. The van der Waals surface area contributed by atoms with Crippen molar-refractivity contribution >= 4 is 33.0 Å². The Balaban J connectivity index is 2.07. The lowest BCUT2D eigenvalue weighted by molar-refractivity contribution is 1.05. The van der Waals surface area contributed by atoms with Crippen LogP contribution in [-0.2, 0) is 6.54 Å². The molecule has 0 atom stereocenters. The van der Waals surface area contributed by atoms with E-state index in [9.17, 15) is 0 Å². The van der Waals surface area contributed by atoms with Gasteiger partial charge in [-0.1, -0.05) is 23.7 Å². The summed E-state index contributed by atoms with van der Waals surface area (Å²) < 4.78 is 1.18. The van der Waals surface area contributed by atoms with Crippen molar-refractivity contribution in [3.63, 3.8) is 0 Å². The van der Waals surface area contributed by atoms with Gasteiger partial charge in [-0.05, 0) is 35.2 Å². The summed E-state index contributed by atoms with van der Waals surface area (Å²) in [6.45, 7) is 0.523. The summed E-state index contributed by atoms with van der Waals surface area (Å²) >= 11 is 7.69. The summed E-state index contributed by atoms with van der Waals surface area (Å²) in [5, 5.41) is 1.96. The minimum Gasteiger partial charge on any atom is -0.326 e. The largest absolute Gasteiger partial charge is 0.326 e. The molecule has 0 aliphatic carbocycles. The van der Waals surface area contributed by atoms with Gasteiger partial charge in [0.05, 0.1) is 10.6 Å². The number of nitrogens with two attached hydrogens (primary N) is 1. The summed E-state index contributed by atoms with van der Waals surface area (Å²) in [5.74, 6) is 0. The predicted molar refractivity (Wildman–Crippen MR) is 78.0 cm³/mol. The lowest BCUT2D eigenvalue weighted by Gasteiger charge is -1.98. The maximum Gasteiger partial charge on any atom is 0.0802 e. The first-order valence-corrected chi connectivity index (χ1v) is 6.80. The fraction of sp³-hybridized carbons (Fsp3) is 0.0714. The van der Waals surface area contributed by atoms with Gasteiger partial charge >= 0.3 is 0 Å². The molecule has 0 aliphatic heterocycles. The molecule has 0 aliphatic rings. The van der Waals surface area contributed by atoms with E-state index >= 15 is 0 Å². The molecule has 90 valence electrons. The van der Waals surface area contributed by atoms with E-state index in [0.29, 0.717) is 6.54 Å². The first kappa shape index (κ1) is 11.7. The van der Waals surface area contributed by atoms with Gasteiger partial charge in [0.2, 0.25) is 0 Å². The molecule has 2 nitrogen and oxygen atoms in total. The molecule has 0 fully saturated rings. The fourth-order valence-electron chi connectivity index (χ4n) is 1.82. The molecule has 18 heavy (non-hydrogen) atoms. The van der Waals surface area contributed by atoms with Crippen molar-refractivity contribution in [2.75, 3.05) is 0 Å². The van der Waals surface area contributed by atoms with Crippen LogP contribution in [0.4, 0.5) is 0 Å². The minimum atomic E-state index is 0.523. The van der Waals surface area contributed by atoms with Crippen LogP contribution in [0.1, 0.15) is 5.56 Å². The molecule has 0 saturated carbocycles. The van der Waals surface area contributed by atoms with Gasteiger partial charge in [0.15, 0.2) is 0 Å². The van der Waals surface area contributed by atoms with Crippen molar-refractivity contribution < 1.29 is 0 Å². The zero-order valence-corrected chi connectivity index (χ0v) is 11.1. The van der Waals surface area contributed by atoms with Crippen LogP contribution in [0, 0.1) is 0 Å². The second-order valence-electron chi connectivity index (χ2n) is 4.05. The van der Waals surface area contributed by atoms with E-state index in [0.717, 1.165) is 21.2 Å². The van der Waals surface area contributed by atoms with Crippen LogP contribution in [0.3, 0.4) is 0 Å². The summed E-state index contributed by atoms with van der Waals surface area (Å²) in [4.78, 5) is 5.58.